The first kappa shape index (κ1) is 18.8. The molecule has 0 saturated heterocycles. The normalized spacial score (nSPS) is 19.0. The molecule has 0 saturated carbocycles. The predicted octanol–water partition coefficient (Wildman–Crippen LogP) is 5.05. The molecule has 148 valence electrons. The quantitative estimate of drug-likeness (QED) is 0.513. The fourth-order valence-corrected chi connectivity index (χ4v) is 6.31. The topological polar surface area (TPSA) is 46.2 Å². The van der Waals surface area contributed by atoms with Crippen molar-refractivity contribution in [3.05, 3.63) is 138 Å². The molecule has 1 aliphatic heterocycles. The molecule has 0 radical (unpaired) electrons. The number of sulfone groups is 1. The SMILES string of the molecule is O=S1(=O)c2ccccc2C(c2ccccc2)(c2ccccc2)NC1c1ccccc1. The lowest BCUT2D eigenvalue weighted by Gasteiger charge is -2.44. The van der Waals surface area contributed by atoms with Crippen molar-refractivity contribution in [3.8, 4) is 0 Å². The first-order valence-electron chi connectivity index (χ1n) is 9.91. The predicted molar refractivity (Wildman–Crippen MR) is 119 cm³/mol. The lowest BCUT2D eigenvalue weighted by atomic mass is 9.76. The van der Waals surface area contributed by atoms with Crippen LogP contribution in [0.2, 0.25) is 0 Å². The molecule has 0 fully saturated rings. The summed E-state index contributed by atoms with van der Waals surface area (Å²) in [6.45, 7) is 0. The van der Waals surface area contributed by atoms with Gasteiger partial charge in [0.1, 0.15) is 5.37 Å². The third-order valence-electron chi connectivity index (χ3n) is 5.77. The van der Waals surface area contributed by atoms with Gasteiger partial charge in [0, 0.05) is 0 Å². The van der Waals surface area contributed by atoms with Gasteiger partial charge in [-0.2, -0.15) is 0 Å². The van der Waals surface area contributed by atoms with Gasteiger partial charge in [-0.1, -0.05) is 109 Å². The highest BCUT2D eigenvalue weighted by Crippen LogP contribution is 2.47. The van der Waals surface area contributed by atoms with E-state index in [-0.39, 0.29) is 0 Å². The molecular formula is C26H21NO2S. The molecule has 1 heterocycles. The van der Waals surface area contributed by atoms with Gasteiger partial charge in [-0.3, -0.25) is 5.32 Å². The maximum atomic E-state index is 13.7. The molecule has 5 rings (SSSR count). The van der Waals surface area contributed by atoms with Gasteiger partial charge in [-0.25, -0.2) is 8.42 Å². The molecule has 1 N–H and O–H groups in total. The van der Waals surface area contributed by atoms with Crippen LogP contribution in [0, 0.1) is 0 Å². The van der Waals surface area contributed by atoms with E-state index in [1.54, 1.807) is 12.1 Å². The Balaban J connectivity index is 1.89. The Morgan fingerprint density at radius 1 is 0.600 bits per heavy atom. The van der Waals surface area contributed by atoms with Crippen LogP contribution in [0.25, 0.3) is 0 Å². The molecule has 0 aromatic heterocycles. The fraction of sp³-hybridized carbons (Fsp3) is 0.0769. The number of rotatable bonds is 3. The molecule has 3 nitrogen and oxygen atoms in total. The van der Waals surface area contributed by atoms with Crippen molar-refractivity contribution >= 4 is 9.84 Å². The van der Waals surface area contributed by atoms with Gasteiger partial charge in [-0.05, 0) is 28.3 Å². The third kappa shape index (κ3) is 2.80. The second-order valence-corrected chi connectivity index (χ2v) is 9.46. The zero-order valence-corrected chi connectivity index (χ0v) is 17.1. The summed E-state index contributed by atoms with van der Waals surface area (Å²) in [5, 5.41) is 2.71. The molecule has 4 aromatic rings. The smallest absolute Gasteiger partial charge is 0.198 e. The zero-order chi connectivity index (χ0) is 20.6. The van der Waals surface area contributed by atoms with Crippen LogP contribution in [0.5, 0.6) is 0 Å². The van der Waals surface area contributed by atoms with E-state index >= 15 is 0 Å². The van der Waals surface area contributed by atoms with Gasteiger partial charge in [-0.15, -0.1) is 0 Å². The monoisotopic (exact) mass is 411 g/mol. The Morgan fingerprint density at radius 3 is 1.63 bits per heavy atom. The molecule has 1 atom stereocenters. The molecule has 0 amide bonds. The van der Waals surface area contributed by atoms with Crippen LogP contribution in [0.15, 0.2) is 120 Å². The lowest BCUT2D eigenvalue weighted by Crippen LogP contribution is -2.52. The standard InChI is InChI=1S/C26H21NO2S/c28-30(29)24-19-11-10-18-23(24)26(21-14-6-2-7-15-21,22-16-8-3-9-17-22)27-25(30)20-12-4-1-5-13-20/h1-19,25,27H. The maximum absolute atomic E-state index is 13.7. The summed E-state index contributed by atoms with van der Waals surface area (Å²) in [4.78, 5) is 0.366. The Bertz CT molecular complexity index is 1230. The van der Waals surface area contributed by atoms with Gasteiger partial charge in [0.25, 0.3) is 0 Å². The van der Waals surface area contributed by atoms with E-state index < -0.39 is 20.8 Å². The highest BCUT2D eigenvalue weighted by atomic mass is 32.2. The molecule has 4 aromatic carbocycles. The summed E-state index contributed by atoms with van der Waals surface area (Å²) in [7, 11) is -3.63. The summed E-state index contributed by atoms with van der Waals surface area (Å²) in [5.74, 6) is 0. The van der Waals surface area contributed by atoms with Crippen molar-refractivity contribution in [1.29, 1.82) is 0 Å². The number of fused-ring (bicyclic) bond motifs is 1. The summed E-state index contributed by atoms with van der Waals surface area (Å²) in [6.07, 6.45) is 0. The number of benzene rings is 4. The number of nitrogens with one attached hydrogen (secondary N) is 1. The van der Waals surface area contributed by atoms with E-state index in [2.05, 4.69) is 29.6 Å². The Kier molecular flexibility index (Phi) is 4.54. The summed E-state index contributed by atoms with van der Waals surface area (Å²) in [5.41, 5.74) is 2.67. The second kappa shape index (κ2) is 7.24. The average molecular weight is 412 g/mol. The minimum atomic E-state index is -3.63. The third-order valence-corrected chi connectivity index (χ3v) is 7.75. The van der Waals surface area contributed by atoms with E-state index in [0.717, 1.165) is 22.3 Å². The minimum absolute atomic E-state index is 0.366. The largest absolute Gasteiger partial charge is 0.280 e. The van der Waals surface area contributed by atoms with E-state index in [9.17, 15) is 8.42 Å². The van der Waals surface area contributed by atoms with Crippen molar-refractivity contribution in [3.63, 3.8) is 0 Å². The van der Waals surface area contributed by atoms with Crippen LogP contribution in [0.4, 0.5) is 0 Å². The van der Waals surface area contributed by atoms with Crippen molar-refractivity contribution in [1.82, 2.24) is 5.32 Å². The van der Waals surface area contributed by atoms with Crippen LogP contribution < -0.4 is 5.32 Å². The van der Waals surface area contributed by atoms with Crippen LogP contribution in [0.3, 0.4) is 0 Å². The van der Waals surface area contributed by atoms with Gasteiger partial charge in [0.05, 0.1) is 10.4 Å². The number of hydrogen-bond acceptors (Lipinski definition) is 3. The fourth-order valence-electron chi connectivity index (χ4n) is 4.41. The Hall–Kier alpha value is -3.21. The van der Waals surface area contributed by atoms with Crippen LogP contribution in [0.1, 0.15) is 27.6 Å². The Morgan fingerprint density at radius 2 is 1.07 bits per heavy atom. The molecular weight excluding hydrogens is 390 g/mol. The number of hydrogen-bond donors (Lipinski definition) is 1. The molecule has 1 unspecified atom stereocenters. The first-order chi connectivity index (χ1) is 14.6. The van der Waals surface area contributed by atoms with Crippen LogP contribution in [-0.2, 0) is 15.4 Å². The highest BCUT2D eigenvalue weighted by Gasteiger charge is 2.49. The second-order valence-electron chi connectivity index (χ2n) is 7.46. The van der Waals surface area contributed by atoms with Crippen LogP contribution >= 0.6 is 0 Å². The summed E-state index contributed by atoms with van der Waals surface area (Å²) in [6, 6.07) is 36.8. The molecule has 4 heteroatoms. The Labute approximate surface area is 177 Å². The van der Waals surface area contributed by atoms with E-state index in [4.69, 9.17) is 0 Å². The summed E-state index contributed by atoms with van der Waals surface area (Å²) < 4.78 is 27.4. The van der Waals surface area contributed by atoms with Crippen molar-refractivity contribution < 1.29 is 8.42 Å². The van der Waals surface area contributed by atoms with Gasteiger partial charge in [0.2, 0.25) is 0 Å². The van der Waals surface area contributed by atoms with Crippen molar-refractivity contribution in [2.75, 3.05) is 0 Å². The highest BCUT2D eigenvalue weighted by molar-refractivity contribution is 7.91. The van der Waals surface area contributed by atoms with Gasteiger partial charge < -0.3 is 0 Å². The van der Waals surface area contributed by atoms with Crippen LogP contribution in [-0.4, -0.2) is 8.42 Å². The lowest BCUT2D eigenvalue weighted by molar-refractivity contribution is 0.420. The summed E-state index contributed by atoms with van der Waals surface area (Å²) >= 11 is 0. The molecule has 0 spiro atoms. The zero-order valence-electron chi connectivity index (χ0n) is 16.3. The minimum Gasteiger partial charge on any atom is -0.280 e. The van der Waals surface area contributed by atoms with E-state index in [1.165, 1.54) is 0 Å². The van der Waals surface area contributed by atoms with Gasteiger partial charge >= 0.3 is 0 Å². The van der Waals surface area contributed by atoms with Crippen molar-refractivity contribution in [2.24, 2.45) is 0 Å². The molecule has 30 heavy (non-hydrogen) atoms. The molecule has 1 aliphatic rings. The average Bonchev–Trinajstić information content (AvgIpc) is 2.81. The van der Waals surface area contributed by atoms with Crippen molar-refractivity contribution in [2.45, 2.75) is 15.8 Å². The molecule has 0 aliphatic carbocycles. The van der Waals surface area contributed by atoms with E-state index in [1.807, 2.05) is 78.9 Å². The maximum Gasteiger partial charge on any atom is 0.198 e. The molecule has 0 bridgehead atoms. The van der Waals surface area contributed by atoms with E-state index in [0.29, 0.717) is 4.90 Å². The van der Waals surface area contributed by atoms with Gasteiger partial charge in [0.15, 0.2) is 9.84 Å². The first-order valence-corrected chi connectivity index (χ1v) is 11.5.